The zero-order valence-electron chi connectivity index (χ0n) is 7.02. The molecule has 10 heavy (non-hydrogen) atoms. The van der Waals surface area contributed by atoms with Gasteiger partial charge < -0.3 is 14.5 Å². The summed E-state index contributed by atoms with van der Waals surface area (Å²) in [6.07, 6.45) is 0.904. The van der Waals surface area contributed by atoms with Crippen LogP contribution in [0, 0.1) is 0 Å². The molecule has 0 aliphatic rings. The van der Waals surface area contributed by atoms with Crippen molar-refractivity contribution in [3.63, 3.8) is 0 Å². The molecule has 0 heterocycles. The van der Waals surface area contributed by atoms with Crippen LogP contribution in [0.1, 0.15) is 6.42 Å². The van der Waals surface area contributed by atoms with E-state index in [4.69, 9.17) is 9.47 Å². The van der Waals surface area contributed by atoms with Crippen molar-refractivity contribution < 1.29 is 9.47 Å². The lowest BCUT2D eigenvalue weighted by Crippen LogP contribution is -2.24. The summed E-state index contributed by atoms with van der Waals surface area (Å²) in [7, 11) is 3.32. The number of hydrogen-bond donors (Lipinski definition) is 1. The molecule has 3 nitrogen and oxygen atoms in total. The second kappa shape index (κ2) is 7.21. The molecule has 0 saturated heterocycles. The molecular weight excluding hydrogens is 146 g/mol. The summed E-state index contributed by atoms with van der Waals surface area (Å²) in [5.74, 6) is 0. The molecular formula is C6H17NO2Si. The molecule has 0 spiro atoms. The fraction of sp³-hybridized carbons (Fsp3) is 1.00. The molecule has 0 radical (unpaired) electrons. The van der Waals surface area contributed by atoms with Crippen LogP contribution in [-0.4, -0.2) is 36.7 Å². The van der Waals surface area contributed by atoms with Gasteiger partial charge in [-0.3, -0.25) is 0 Å². The average Bonchev–Trinajstić information content (AvgIpc) is 1.99. The maximum atomic E-state index is 5.00. The Morgan fingerprint density at radius 1 is 1.40 bits per heavy atom. The fourth-order valence-corrected chi connectivity index (χ4v) is 1.29. The molecule has 0 aliphatic carbocycles. The van der Waals surface area contributed by atoms with Gasteiger partial charge in [0.2, 0.25) is 0 Å². The van der Waals surface area contributed by atoms with Crippen molar-refractivity contribution in [2.75, 3.05) is 20.8 Å². The number of methoxy groups -OCH3 is 2. The average molecular weight is 163 g/mol. The fourth-order valence-electron chi connectivity index (χ4n) is 0.729. The van der Waals surface area contributed by atoms with Crippen LogP contribution in [-0.2, 0) is 9.47 Å². The Morgan fingerprint density at radius 2 is 2.00 bits per heavy atom. The lowest BCUT2D eigenvalue weighted by atomic mass is 10.4. The van der Waals surface area contributed by atoms with E-state index in [2.05, 4.69) is 11.5 Å². The molecule has 0 saturated carbocycles. The Kier molecular flexibility index (Phi) is 7.28. The number of rotatable bonds is 6. The summed E-state index contributed by atoms with van der Waals surface area (Å²) in [6.45, 7) is 3.23. The molecule has 0 aromatic rings. The first-order valence-electron chi connectivity index (χ1n) is 3.61. The normalized spacial score (nSPS) is 12.0. The smallest absolute Gasteiger partial charge is 0.158 e. The highest BCUT2D eigenvalue weighted by atomic mass is 28.2. The second-order valence-electron chi connectivity index (χ2n) is 2.04. The molecule has 0 fully saturated rings. The Hall–Kier alpha value is 0.0969. The minimum absolute atomic E-state index is 0.00540. The van der Waals surface area contributed by atoms with Crippen LogP contribution >= 0.6 is 0 Å². The van der Waals surface area contributed by atoms with E-state index < -0.39 is 0 Å². The van der Waals surface area contributed by atoms with E-state index in [1.54, 1.807) is 14.2 Å². The van der Waals surface area contributed by atoms with Crippen molar-refractivity contribution in [3.8, 4) is 0 Å². The minimum Gasteiger partial charge on any atom is -0.356 e. The van der Waals surface area contributed by atoms with E-state index in [-0.39, 0.29) is 16.0 Å². The highest BCUT2D eigenvalue weighted by Gasteiger charge is 2.01. The molecule has 0 atom stereocenters. The van der Waals surface area contributed by atoms with E-state index in [1.807, 2.05) is 0 Å². The zero-order valence-corrected chi connectivity index (χ0v) is 8.43. The summed E-state index contributed by atoms with van der Waals surface area (Å²) in [5, 5.41) is 0. The maximum Gasteiger partial charge on any atom is 0.158 e. The van der Waals surface area contributed by atoms with E-state index in [9.17, 15) is 0 Å². The Labute approximate surface area is 65.0 Å². The van der Waals surface area contributed by atoms with Crippen LogP contribution in [0.15, 0.2) is 0 Å². The summed E-state index contributed by atoms with van der Waals surface area (Å²) < 4.78 is 10.00. The second-order valence-corrected chi connectivity index (χ2v) is 3.25. The van der Waals surface area contributed by atoms with Gasteiger partial charge in [-0.15, -0.1) is 0 Å². The zero-order chi connectivity index (χ0) is 7.82. The third-order valence-corrected chi connectivity index (χ3v) is 2.19. The van der Waals surface area contributed by atoms with E-state index >= 15 is 0 Å². The molecule has 0 aliphatic heterocycles. The van der Waals surface area contributed by atoms with Crippen molar-refractivity contribution in [2.45, 2.75) is 19.3 Å². The minimum atomic E-state index is -0.0342. The third kappa shape index (κ3) is 4.93. The molecule has 0 amide bonds. The predicted molar refractivity (Wildman–Crippen MR) is 44.8 cm³/mol. The van der Waals surface area contributed by atoms with Crippen molar-refractivity contribution >= 4 is 9.68 Å². The van der Waals surface area contributed by atoms with Crippen LogP contribution in [0.2, 0.25) is 6.55 Å². The first kappa shape index (κ1) is 10.1. The molecule has 1 N–H and O–H groups in total. The van der Waals surface area contributed by atoms with Gasteiger partial charge in [-0.05, 0) is 6.54 Å². The quantitative estimate of drug-likeness (QED) is 0.332. The monoisotopic (exact) mass is 163 g/mol. The number of hydrogen-bond acceptors (Lipinski definition) is 3. The Bertz CT molecular complexity index is 68.8. The van der Waals surface area contributed by atoms with Crippen LogP contribution in [0.25, 0.3) is 0 Å². The molecule has 0 aromatic heterocycles. The lowest BCUT2D eigenvalue weighted by Gasteiger charge is -2.12. The van der Waals surface area contributed by atoms with Gasteiger partial charge in [0.1, 0.15) is 0 Å². The van der Waals surface area contributed by atoms with Gasteiger partial charge in [0.15, 0.2) is 6.29 Å². The summed E-state index contributed by atoms with van der Waals surface area (Å²) >= 11 is 0. The summed E-state index contributed by atoms with van der Waals surface area (Å²) in [5.41, 5.74) is 0. The van der Waals surface area contributed by atoms with Gasteiger partial charge in [-0.2, -0.15) is 0 Å². The van der Waals surface area contributed by atoms with Crippen LogP contribution in [0.3, 0.4) is 0 Å². The highest BCUT2D eigenvalue weighted by molar-refractivity contribution is 6.29. The van der Waals surface area contributed by atoms with Gasteiger partial charge >= 0.3 is 0 Å². The van der Waals surface area contributed by atoms with Crippen molar-refractivity contribution in [1.29, 1.82) is 0 Å². The van der Waals surface area contributed by atoms with E-state index in [0.717, 1.165) is 13.0 Å². The SMILES string of the molecule is COC(CCN[SiH2]C)OC. The van der Waals surface area contributed by atoms with Crippen LogP contribution in [0.5, 0.6) is 0 Å². The van der Waals surface area contributed by atoms with Gasteiger partial charge in [0.25, 0.3) is 0 Å². The first-order chi connectivity index (χ1) is 4.85. The topological polar surface area (TPSA) is 30.5 Å². The largest absolute Gasteiger partial charge is 0.356 e. The third-order valence-electron chi connectivity index (χ3n) is 1.33. The number of nitrogens with one attached hydrogen (secondary N) is 1. The Balaban J connectivity index is 3.09. The van der Waals surface area contributed by atoms with Gasteiger partial charge in [0.05, 0.1) is 9.68 Å². The lowest BCUT2D eigenvalue weighted by molar-refractivity contribution is -0.104. The first-order valence-corrected chi connectivity index (χ1v) is 5.73. The molecule has 62 valence electrons. The molecule has 0 rings (SSSR count). The van der Waals surface area contributed by atoms with E-state index in [1.165, 1.54) is 0 Å². The van der Waals surface area contributed by atoms with Crippen LogP contribution < -0.4 is 4.98 Å². The summed E-state index contributed by atoms with van der Waals surface area (Å²) in [4.78, 5) is 3.33. The van der Waals surface area contributed by atoms with Gasteiger partial charge in [0, 0.05) is 20.6 Å². The summed E-state index contributed by atoms with van der Waals surface area (Å²) in [6, 6.07) is 0. The van der Waals surface area contributed by atoms with Crippen LogP contribution in [0.4, 0.5) is 0 Å². The van der Waals surface area contributed by atoms with Crippen molar-refractivity contribution in [2.24, 2.45) is 0 Å². The van der Waals surface area contributed by atoms with Gasteiger partial charge in [-0.1, -0.05) is 6.55 Å². The standard InChI is InChI=1S/C6H17NO2Si/c1-8-6(9-2)4-5-7-10-3/h6-7H,4-5,10H2,1-3H3. The molecule has 0 aromatic carbocycles. The molecule has 0 unspecified atom stereocenters. The molecule has 4 heteroatoms. The highest BCUT2D eigenvalue weighted by Crippen LogP contribution is 1.94. The maximum absolute atomic E-state index is 5.00. The number of ether oxygens (including phenoxy) is 2. The van der Waals surface area contributed by atoms with Crippen molar-refractivity contribution in [1.82, 2.24) is 4.98 Å². The molecule has 0 bridgehead atoms. The van der Waals surface area contributed by atoms with Gasteiger partial charge in [-0.25, -0.2) is 0 Å². The Morgan fingerprint density at radius 3 is 2.40 bits per heavy atom. The van der Waals surface area contributed by atoms with E-state index in [0.29, 0.717) is 0 Å². The van der Waals surface area contributed by atoms with Crippen molar-refractivity contribution in [3.05, 3.63) is 0 Å². The predicted octanol–water partition coefficient (Wildman–Crippen LogP) is -0.283.